The summed E-state index contributed by atoms with van der Waals surface area (Å²) in [6.45, 7) is 5.27. The summed E-state index contributed by atoms with van der Waals surface area (Å²) in [6, 6.07) is 6.90. The van der Waals surface area contributed by atoms with Crippen molar-refractivity contribution >= 4 is 17.5 Å². The number of nitrogens with two attached hydrogens (primary N) is 1. The maximum Gasteiger partial charge on any atom is 0.239 e. The normalized spacial score (nSPS) is 16.6. The quantitative estimate of drug-likeness (QED) is 0.826. The number of hydrogen-bond donors (Lipinski definition) is 2. The molecule has 2 amide bonds. The molecule has 1 saturated heterocycles. The van der Waals surface area contributed by atoms with Gasteiger partial charge in [0.2, 0.25) is 11.8 Å². The van der Waals surface area contributed by atoms with Gasteiger partial charge < -0.3 is 20.7 Å². The van der Waals surface area contributed by atoms with Crippen molar-refractivity contribution < 1.29 is 14.3 Å². The first kappa shape index (κ1) is 19.2. The highest BCUT2D eigenvalue weighted by atomic mass is 16.5. The Kier molecular flexibility index (Phi) is 6.82. The molecule has 1 fully saturated rings. The molecular formula is C19H29N3O3. The van der Waals surface area contributed by atoms with Crippen LogP contribution in [0.3, 0.4) is 0 Å². The van der Waals surface area contributed by atoms with Crippen LogP contribution in [0.4, 0.5) is 5.69 Å². The molecule has 138 valence electrons. The van der Waals surface area contributed by atoms with Crippen molar-refractivity contribution in [2.24, 2.45) is 17.6 Å². The molecule has 6 heteroatoms. The first-order chi connectivity index (χ1) is 11.9. The zero-order chi connectivity index (χ0) is 18.4. The number of likely N-dealkylation sites (tertiary alicyclic amines) is 1. The number of rotatable bonds is 6. The van der Waals surface area contributed by atoms with Crippen LogP contribution in [0.15, 0.2) is 24.3 Å². The largest absolute Gasteiger partial charge is 0.495 e. The molecule has 0 aliphatic carbocycles. The summed E-state index contributed by atoms with van der Waals surface area (Å²) >= 11 is 0. The Balaban J connectivity index is 1.87. The molecule has 1 aliphatic heterocycles. The molecule has 0 radical (unpaired) electrons. The van der Waals surface area contributed by atoms with Gasteiger partial charge in [-0.25, -0.2) is 0 Å². The van der Waals surface area contributed by atoms with Crippen molar-refractivity contribution in [3.8, 4) is 5.75 Å². The number of piperidine rings is 1. The van der Waals surface area contributed by atoms with Gasteiger partial charge in [-0.15, -0.1) is 0 Å². The number of ether oxygens (including phenoxy) is 1. The Morgan fingerprint density at radius 3 is 2.52 bits per heavy atom. The van der Waals surface area contributed by atoms with Crippen molar-refractivity contribution in [2.45, 2.75) is 39.2 Å². The molecule has 2 rings (SSSR count). The van der Waals surface area contributed by atoms with Crippen LogP contribution in [-0.4, -0.2) is 43.0 Å². The van der Waals surface area contributed by atoms with Crippen LogP contribution in [0, 0.1) is 11.8 Å². The number of carbonyl (C=O) groups is 2. The molecule has 0 aromatic heterocycles. The number of nitrogens with zero attached hydrogens (tertiary/aromatic N) is 1. The summed E-state index contributed by atoms with van der Waals surface area (Å²) in [5.41, 5.74) is 6.67. The summed E-state index contributed by atoms with van der Waals surface area (Å²) in [5, 5.41) is 2.93. The Morgan fingerprint density at radius 2 is 1.92 bits per heavy atom. The van der Waals surface area contributed by atoms with Crippen molar-refractivity contribution in [3.63, 3.8) is 0 Å². The van der Waals surface area contributed by atoms with E-state index < -0.39 is 6.04 Å². The zero-order valence-electron chi connectivity index (χ0n) is 15.3. The van der Waals surface area contributed by atoms with Crippen LogP contribution in [0.25, 0.3) is 0 Å². The fourth-order valence-electron chi connectivity index (χ4n) is 3.19. The van der Waals surface area contributed by atoms with E-state index in [0.29, 0.717) is 49.7 Å². The van der Waals surface area contributed by atoms with Gasteiger partial charge in [-0.3, -0.25) is 9.59 Å². The molecular weight excluding hydrogens is 318 g/mol. The predicted molar refractivity (Wildman–Crippen MR) is 98.4 cm³/mol. The number of anilines is 1. The first-order valence-electron chi connectivity index (χ1n) is 8.90. The molecule has 1 aromatic carbocycles. The Bertz CT molecular complexity index is 595. The fourth-order valence-corrected chi connectivity index (χ4v) is 3.19. The van der Waals surface area contributed by atoms with Crippen LogP contribution in [0.2, 0.25) is 0 Å². The Hall–Kier alpha value is -2.08. The van der Waals surface area contributed by atoms with E-state index in [1.165, 1.54) is 0 Å². The standard InChI is InChI=1S/C19H29N3O3/c1-13(2)12-15(20)19(24)22-10-8-14(9-11-22)18(23)21-16-6-4-5-7-17(16)25-3/h4-7,13-15H,8-12,20H2,1-3H3,(H,21,23)/t15-/m0/s1. The van der Waals surface area contributed by atoms with Crippen LogP contribution in [-0.2, 0) is 9.59 Å². The van der Waals surface area contributed by atoms with E-state index in [0.717, 1.165) is 0 Å². The van der Waals surface area contributed by atoms with Crippen LogP contribution >= 0.6 is 0 Å². The Labute approximate surface area is 149 Å². The van der Waals surface area contributed by atoms with Crippen molar-refractivity contribution in [1.82, 2.24) is 4.90 Å². The highest BCUT2D eigenvalue weighted by molar-refractivity contribution is 5.94. The minimum atomic E-state index is -0.445. The Morgan fingerprint density at radius 1 is 1.28 bits per heavy atom. The summed E-state index contributed by atoms with van der Waals surface area (Å²) in [5.74, 6) is 0.905. The van der Waals surface area contributed by atoms with E-state index in [1.807, 2.05) is 24.3 Å². The number of hydrogen-bond acceptors (Lipinski definition) is 4. The monoisotopic (exact) mass is 347 g/mol. The molecule has 1 heterocycles. The lowest BCUT2D eigenvalue weighted by atomic mass is 9.94. The molecule has 1 atom stereocenters. The van der Waals surface area contributed by atoms with E-state index >= 15 is 0 Å². The average Bonchev–Trinajstić information content (AvgIpc) is 2.61. The summed E-state index contributed by atoms with van der Waals surface area (Å²) in [6.07, 6.45) is 2.00. The molecule has 1 aliphatic rings. The molecule has 6 nitrogen and oxygen atoms in total. The van der Waals surface area contributed by atoms with Gasteiger partial charge >= 0.3 is 0 Å². The first-order valence-corrected chi connectivity index (χ1v) is 8.90. The number of benzene rings is 1. The van der Waals surface area contributed by atoms with E-state index in [9.17, 15) is 9.59 Å². The summed E-state index contributed by atoms with van der Waals surface area (Å²) in [7, 11) is 1.58. The molecule has 25 heavy (non-hydrogen) atoms. The average molecular weight is 347 g/mol. The predicted octanol–water partition coefficient (Wildman–Crippen LogP) is 2.25. The van der Waals surface area contributed by atoms with Crippen LogP contribution in [0.1, 0.15) is 33.1 Å². The topological polar surface area (TPSA) is 84.7 Å². The third-order valence-electron chi connectivity index (χ3n) is 4.58. The second-order valence-electron chi connectivity index (χ2n) is 7.03. The van der Waals surface area contributed by atoms with Crippen molar-refractivity contribution in [1.29, 1.82) is 0 Å². The number of carbonyl (C=O) groups excluding carboxylic acids is 2. The lowest BCUT2D eigenvalue weighted by Gasteiger charge is -2.33. The third-order valence-corrected chi connectivity index (χ3v) is 4.58. The van der Waals surface area contributed by atoms with E-state index in [4.69, 9.17) is 10.5 Å². The second-order valence-corrected chi connectivity index (χ2v) is 7.03. The second kappa shape index (κ2) is 8.85. The van der Waals surface area contributed by atoms with Gasteiger partial charge in [-0.1, -0.05) is 26.0 Å². The van der Waals surface area contributed by atoms with E-state index in [2.05, 4.69) is 19.2 Å². The summed E-state index contributed by atoms with van der Waals surface area (Å²) in [4.78, 5) is 26.7. The number of methoxy groups -OCH3 is 1. The van der Waals surface area contributed by atoms with Crippen molar-refractivity contribution in [3.05, 3.63) is 24.3 Å². The molecule has 0 bridgehead atoms. The molecule has 3 N–H and O–H groups in total. The third kappa shape index (κ3) is 5.19. The minimum absolute atomic E-state index is 0.00251. The van der Waals surface area contributed by atoms with Gasteiger partial charge in [-0.2, -0.15) is 0 Å². The highest BCUT2D eigenvalue weighted by Crippen LogP contribution is 2.26. The van der Waals surface area contributed by atoms with Crippen molar-refractivity contribution in [2.75, 3.05) is 25.5 Å². The molecule has 0 saturated carbocycles. The van der Waals surface area contributed by atoms with Gasteiger partial charge in [0.1, 0.15) is 5.75 Å². The van der Waals surface area contributed by atoms with Gasteiger partial charge in [0.25, 0.3) is 0 Å². The number of amides is 2. The zero-order valence-corrected chi connectivity index (χ0v) is 15.3. The van der Waals surface area contributed by atoms with Gasteiger partial charge in [-0.05, 0) is 37.3 Å². The van der Waals surface area contributed by atoms with E-state index in [1.54, 1.807) is 12.0 Å². The van der Waals surface area contributed by atoms with E-state index in [-0.39, 0.29) is 17.7 Å². The number of nitrogens with one attached hydrogen (secondary N) is 1. The fraction of sp³-hybridized carbons (Fsp3) is 0.579. The SMILES string of the molecule is COc1ccccc1NC(=O)C1CCN(C(=O)[C@@H](N)CC(C)C)CC1. The maximum atomic E-state index is 12.5. The lowest BCUT2D eigenvalue weighted by Crippen LogP contribution is -2.48. The molecule has 1 aromatic rings. The van der Waals surface area contributed by atoms with Crippen LogP contribution < -0.4 is 15.8 Å². The maximum absolute atomic E-state index is 12.5. The van der Waals surface area contributed by atoms with Gasteiger partial charge in [0, 0.05) is 19.0 Å². The highest BCUT2D eigenvalue weighted by Gasteiger charge is 2.30. The minimum Gasteiger partial charge on any atom is -0.495 e. The molecule has 0 spiro atoms. The van der Waals surface area contributed by atoms with Crippen LogP contribution in [0.5, 0.6) is 5.75 Å². The van der Waals surface area contributed by atoms with Gasteiger partial charge in [0.15, 0.2) is 0 Å². The number of para-hydroxylation sites is 2. The smallest absolute Gasteiger partial charge is 0.239 e. The molecule has 0 unspecified atom stereocenters. The van der Waals surface area contributed by atoms with Gasteiger partial charge in [0.05, 0.1) is 18.8 Å². The lowest BCUT2D eigenvalue weighted by molar-refractivity contribution is -0.136. The summed E-state index contributed by atoms with van der Waals surface area (Å²) < 4.78 is 5.26.